The van der Waals surface area contributed by atoms with Crippen LogP contribution in [-0.2, 0) is 4.74 Å². The molecule has 18 heavy (non-hydrogen) atoms. The molecule has 3 nitrogen and oxygen atoms in total. The number of nitrogens with two attached hydrogens (primary N) is 1. The number of nitrogens with zero attached hydrogens (tertiary/aromatic N) is 1. The first-order chi connectivity index (χ1) is 8.36. The van der Waals surface area contributed by atoms with Gasteiger partial charge in [-0.05, 0) is 39.2 Å². The largest absolute Gasteiger partial charge is 0.393 e. The maximum Gasteiger partial charge on any atom is 0.0784 e. The number of methoxy groups -OCH3 is 1. The molecular weight excluding hydrogens is 244 g/mol. The van der Waals surface area contributed by atoms with Crippen molar-refractivity contribution in [2.24, 2.45) is 11.1 Å². The summed E-state index contributed by atoms with van der Waals surface area (Å²) in [5.74, 6) is 0. The third-order valence-corrected chi connectivity index (χ3v) is 4.77. The highest BCUT2D eigenvalue weighted by Gasteiger charge is 2.26. The van der Waals surface area contributed by atoms with E-state index in [9.17, 15) is 0 Å². The maximum absolute atomic E-state index is 5.75. The van der Waals surface area contributed by atoms with Crippen LogP contribution < -0.4 is 5.73 Å². The molecule has 0 spiro atoms. The summed E-state index contributed by atoms with van der Waals surface area (Å²) in [6, 6.07) is 0.622. The maximum atomic E-state index is 5.75. The number of ether oxygens (including phenoxy) is 1. The van der Waals surface area contributed by atoms with Crippen LogP contribution in [0.4, 0.5) is 0 Å². The van der Waals surface area contributed by atoms with E-state index in [1.54, 1.807) is 0 Å². The van der Waals surface area contributed by atoms with E-state index in [2.05, 4.69) is 25.7 Å². The van der Waals surface area contributed by atoms with Gasteiger partial charge in [-0.1, -0.05) is 26.1 Å². The number of thiocarbonyl (C=S) groups is 1. The van der Waals surface area contributed by atoms with Crippen molar-refractivity contribution in [3.8, 4) is 0 Å². The summed E-state index contributed by atoms with van der Waals surface area (Å²) in [4.78, 5) is 3.19. The van der Waals surface area contributed by atoms with Gasteiger partial charge in [-0.2, -0.15) is 0 Å². The van der Waals surface area contributed by atoms with Crippen LogP contribution in [-0.4, -0.2) is 42.2 Å². The highest BCUT2D eigenvalue weighted by Crippen LogP contribution is 2.24. The Morgan fingerprint density at radius 2 is 2.17 bits per heavy atom. The molecule has 4 heteroatoms. The van der Waals surface area contributed by atoms with Crippen molar-refractivity contribution < 1.29 is 4.74 Å². The van der Waals surface area contributed by atoms with Gasteiger partial charge in [0.15, 0.2) is 0 Å². The molecule has 0 aromatic rings. The minimum absolute atomic E-state index is 0.0105. The van der Waals surface area contributed by atoms with E-state index in [-0.39, 0.29) is 5.41 Å². The molecule has 0 bridgehead atoms. The summed E-state index contributed by atoms with van der Waals surface area (Å²) in [6.45, 7) is 8.85. The van der Waals surface area contributed by atoms with Gasteiger partial charge in [-0.15, -0.1) is 0 Å². The fourth-order valence-electron chi connectivity index (χ4n) is 2.57. The number of rotatable bonds is 6. The molecule has 106 valence electrons. The second kappa shape index (κ2) is 6.83. The van der Waals surface area contributed by atoms with Crippen LogP contribution in [0, 0.1) is 5.41 Å². The van der Waals surface area contributed by atoms with Gasteiger partial charge in [0.25, 0.3) is 0 Å². The molecule has 2 atom stereocenters. The molecule has 1 saturated heterocycles. The Balaban J connectivity index is 2.30. The van der Waals surface area contributed by atoms with E-state index < -0.39 is 0 Å². The molecule has 0 saturated carbocycles. The average Bonchev–Trinajstić information content (AvgIpc) is 2.30. The van der Waals surface area contributed by atoms with Gasteiger partial charge in [-0.3, -0.25) is 0 Å². The van der Waals surface area contributed by atoms with Gasteiger partial charge >= 0.3 is 0 Å². The lowest BCUT2D eigenvalue weighted by atomic mass is 9.87. The van der Waals surface area contributed by atoms with E-state index >= 15 is 0 Å². The van der Waals surface area contributed by atoms with Gasteiger partial charge in [0.05, 0.1) is 11.1 Å². The highest BCUT2D eigenvalue weighted by atomic mass is 32.1. The van der Waals surface area contributed by atoms with Gasteiger partial charge in [0.1, 0.15) is 0 Å². The fraction of sp³-hybridized carbons (Fsp3) is 0.929. The third kappa shape index (κ3) is 4.48. The summed E-state index contributed by atoms with van der Waals surface area (Å²) in [5.41, 5.74) is 5.74. The predicted molar refractivity (Wildman–Crippen MR) is 80.9 cm³/mol. The van der Waals surface area contributed by atoms with Crippen molar-refractivity contribution in [1.82, 2.24) is 4.90 Å². The highest BCUT2D eigenvalue weighted by molar-refractivity contribution is 7.80. The molecule has 0 aromatic carbocycles. The van der Waals surface area contributed by atoms with Crippen molar-refractivity contribution >= 4 is 17.2 Å². The van der Waals surface area contributed by atoms with Gasteiger partial charge in [0.2, 0.25) is 0 Å². The Bertz CT molecular complexity index is 281. The van der Waals surface area contributed by atoms with Crippen molar-refractivity contribution in [1.29, 1.82) is 0 Å². The van der Waals surface area contributed by atoms with E-state index in [4.69, 9.17) is 22.7 Å². The first-order valence-corrected chi connectivity index (χ1v) is 7.34. The zero-order chi connectivity index (χ0) is 13.8. The van der Waals surface area contributed by atoms with Crippen molar-refractivity contribution in [2.45, 2.75) is 58.6 Å². The van der Waals surface area contributed by atoms with Gasteiger partial charge in [0, 0.05) is 25.1 Å². The lowest BCUT2D eigenvalue weighted by Gasteiger charge is -2.37. The topological polar surface area (TPSA) is 38.5 Å². The lowest BCUT2D eigenvalue weighted by Crippen LogP contribution is -2.43. The Morgan fingerprint density at radius 3 is 2.67 bits per heavy atom. The zero-order valence-electron chi connectivity index (χ0n) is 12.2. The van der Waals surface area contributed by atoms with E-state index in [0.29, 0.717) is 17.1 Å². The fourth-order valence-corrected chi connectivity index (χ4v) is 2.67. The molecule has 0 aliphatic carbocycles. The summed E-state index contributed by atoms with van der Waals surface area (Å²) in [7, 11) is 1.82. The van der Waals surface area contributed by atoms with Crippen molar-refractivity contribution in [3.63, 3.8) is 0 Å². The minimum Gasteiger partial charge on any atom is -0.393 e. The van der Waals surface area contributed by atoms with Crippen molar-refractivity contribution in [2.75, 3.05) is 20.2 Å². The predicted octanol–water partition coefficient (Wildman–Crippen LogP) is 2.58. The van der Waals surface area contributed by atoms with Gasteiger partial charge in [-0.25, -0.2) is 0 Å². The van der Waals surface area contributed by atoms with E-state index in [1.165, 1.54) is 0 Å². The third-order valence-electron chi connectivity index (χ3n) is 4.21. The summed E-state index contributed by atoms with van der Waals surface area (Å²) < 4.78 is 5.44. The standard InChI is InChI=1S/C14H28N2OS/c1-11-10-12(17-4)6-9-16(11)8-5-7-14(2,3)13(15)18/h11-12H,5-10H2,1-4H3,(H2,15,18). The molecule has 1 aliphatic heterocycles. The van der Waals surface area contributed by atoms with E-state index in [0.717, 1.165) is 38.8 Å². The number of hydrogen-bond donors (Lipinski definition) is 1. The van der Waals surface area contributed by atoms with Crippen LogP contribution in [0.1, 0.15) is 46.5 Å². The zero-order valence-corrected chi connectivity index (χ0v) is 13.1. The monoisotopic (exact) mass is 272 g/mol. The molecule has 2 unspecified atom stereocenters. The number of hydrogen-bond acceptors (Lipinski definition) is 3. The molecule has 2 N–H and O–H groups in total. The first-order valence-electron chi connectivity index (χ1n) is 6.93. The summed E-state index contributed by atoms with van der Waals surface area (Å²) in [6.07, 6.45) is 4.98. The molecule has 0 aromatic heterocycles. The van der Waals surface area contributed by atoms with Crippen LogP contribution in [0.3, 0.4) is 0 Å². The molecule has 1 heterocycles. The summed E-state index contributed by atoms with van der Waals surface area (Å²) >= 11 is 5.10. The van der Waals surface area contributed by atoms with Crippen molar-refractivity contribution in [3.05, 3.63) is 0 Å². The molecule has 1 fully saturated rings. The second-order valence-electron chi connectivity index (χ2n) is 6.12. The Morgan fingerprint density at radius 1 is 1.50 bits per heavy atom. The number of likely N-dealkylation sites (tertiary alicyclic amines) is 1. The SMILES string of the molecule is COC1CCN(CCCC(C)(C)C(N)=S)C(C)C1. The first kappa shape index (κ1) is 15.9. The molecule has 1 rings (SSSR count). The molecular formula is C14H28N2OS. The second-order valence-corrected chi connectivity index (χ2v) is 6.56. The van der Waals surface area contributed by atoms with Gasteiger partial charge < -0.3 is 15.4 Å². The summed E-state index contributed by atoms with van der Waals surface area (Å²) in [5, 5.41) is 0. The molecule has 0 amide bonds. The van der Waals surface area contributed by atoms with Crippen LogP contribution >= 0.6 is 12.2 Å². The normalized spacial score (nSPS) is 26.2. The lowest BCUT2D eigenvalue weighted by molar-refractivity contribution is 0.0150. The quantitative estimate of drug-likeness (QED) is 0.754. The minimum atomic E-state index is -0.0105. The number of piperidine rings is 1. The Labute approximate surface area is 117 Å². The Kier molecular flexibility index (Phi) is 6.02. The average molecular weight is 272 g/mol. The van der Waals surface area contributed by atoms with Crippen LogP contribution in [0.25, 0.3) is 0 Å². The van der Waals surface area contributed by atoms with Crippen LogP contribution in [0.5, 0.6) is 0 Å². The molecule has 0 radical (unpaired) electrons. The Hall–Kier alpha value is -0.190. The smallest absolute Gasteiger partial charge is 0.0784 e. The van der Waals surface area contributed by atoms with Crippen LogP contribution in [0.15, 0.2) is 0 Å². The molecule has 1 aliphatic rings. The van der Waals surface area contributed by atoms with E-state index in [1.807, 2.05) is 7.11 Å². The van der Waals surface area contributed by atoms with Crippen LogP contribution in [0.2, 0.25) is 0 Å².